The van der Waals surface area contributed by atoms with Crippen molar-refractivity contribution in [3.05, 3.63) is 65.2 Å². The van der Waals surface area contributed by atoms with Crippen LogP contribution in [0.25, 0.3) is 0 Å². The molecule has 2 aromatic carbocycles. The number of aliphatic hydroxyl groups is 1. The number of methoxy groups -OCH3 is 1. The Balaban J connectivity index is 1.58. The average molecular weight is 326 g/mol. The van der Waals surface area contributed by atoms with Crippen LogP contribution in [-0.2, 0) is 13.0 Å². The highest BCUT2D eigenvalue weighted by molar-refractivity contribution is 5.96. The summed E-state index contributed by atoms with van der Waals surface area (Å²) in [4.78, 5) is 12.3. The minimum atomic E-state index is -0.656. The van der Waals surface area contributed by atoms with Crippen LogP contribution >= 0.6 is 0 Å². The Bertz CT molecular complexity index is 717. The number of hydrogen-bond donors (Lipinski definition) is 3. The third-order valence-corrected chi connectivity index (χ3v) is 4.40. The molecule has 1 amide bonds. The number of nitrogens with one attached hydrogen (secondary N) is 2. The fraction of sp³-hybridized carbons (Fsp3) is 0.316. The lowest BCUT2D eigenvalue weighted by Gasteiger charge is -2.30. The van der Waals surface area contributed by atoms with Crippen LogP contribution in [0, 0.1) is 0 Å². The van der Waals surface area contributed by atoms with Crippen LogP contribution < -0.4 is 15.4 Å². The van der Waals surface area contributed by atoms with Gasteiger partial charge in [0.1, 0.15) is 5.75 Å². The lowest BCUT2D eigenvalue weighted by atomic mass is 9.93. The Labute approximate surface area is 141 Å². The van der Waals surface area contributed by atoms with Gasteiger partial charge in [-0.3, -0.25) is 4.79 Å². The van der Waals surface area contributed by atoms with Crippen LogP contribution in [-0.4, -0.2) is 36.8 Å². The number of hydrogen-bond acceptors (Lipinski definition) is 4. The normalized spacial score (nSPS) is 17.7. The predicted octanol–water partition coefficient (Wildman–Crippen LogP) is 1.50. The summed E-state index contributed by atoms with van der Waals surface area (Å²) in [5.41, 5.74) is 2.98. The standard InChI is InChI=1S/C19H22N2O3/c1-24-18-9-5-4-8-15(18)19(23)21-12-17(22)16-10-13-6-2-3-7-14(13)11-20-16/h2-9,16-17,20,22H,10-12H2,1H3,(H,21,23). The summed E-state index contributed by atoms with van der Waals surface area (Å²) in [6, 6.07) is 15.2. The molecule has 3 N–H and O–H groups in total. The molecule has 1 heterocycles. The maximum absolute atomic E-state index is 12.3. The molecule has 24 heavy (non-hydrogen) atoms. The zero-order valence-corrected chi connectivity index (χ0v) is 13.7. The highest BCUT2D eigenvalue weighted by Crippen LogP contribution is 2.19. The van der Waals surface area contributed by atoms with E-state index >= 15 is 0 Å². The van der Waals surface area contributed by atoms with Crippen molar-refractivity contribution in [1.29, 1.82) is 0 Å². The summed E-state index contributed by atoms with van der Waals surface area (Å²) >= 11 is 0. The summed E-state index contributed by atoms with van der Waals surface area (Å²) < 4.78 is 5.19. The second kappa shape index (κ2) is 7.47. The Kier molecular flexibility index (Phi) is 5.13. The first kappa shape index (κ1) is 16.5. The topological polar surface area (TPSA) is 70.6 Å². The minimum absolute atomic E-state index is 0.0714. The van der Waals surface area contributed by atoms with Crippen LogP contribution in [0.3, 0.4) is 0 Å². The molecule has 0 bridgehead atoms. The fourth-order valence-corrected chi connectivity index (χ4v) is 3.02. The molecule has 0 aromatic heterocycles. The second-order valence-corrected chi connectivity index (χ2v) is 5.94. The summed E-state index contributed by atoms with van der Waals surface area (Å²) in [6.07, 6.45) is 0.0963. The average Bonchev–Trinajstić information content (AvgIpc) is 2.65. The number of para-hydroxylation sites is 1. The molecule has 0 saturated carbocycles. The molecule has 5 heteroatoms. The van der Waals surface area contributed by atoms with Gasteiger partial charge in [-0.1, -0.05) is 36.4 Å². The van der Waals surface area contributed by atoms with Gasteiger partial charge in [-0.15, -0.1) is 0 Å². The number of rotatable bonds is 5. The first-order valence-electron chi connectivity index (χ1n) is 8.08. The third-order valence-electron chi connectivity index (χ3n) is 4.40. The molecule has 5 nitrogen and oxygen atoms in total. The van der Waals surface area contributed by atoms with Crippen molar-refractivity contribution >= 4 is 5.91 Å². The number of fused-ring (bicyclic) bond motifs is 1. The quantitative estimate of drug-likeness (QED) is 0.779. The molecule has 0 radical (unpaired) electrons. The number of ether oxygens (including phenoxy) is 1. The van der Waals surface area contributed by atoms with Crippen molar-refractivity contribution < 1.29 is 14.6 Å². The molecule has 0 fully saturated rings. The Morgan fingerprint density at radius 1 is 1.25 bits per heavy atom. The summed E-state index contributed by atoms with van der Waals surface area (Å²) in [5.74, 6) is 0.275. The highest BCUT2D eigenvalue weighted by Gasteiger charge is 2.24. The van der Waals surface area contributed by atoms with E-state index in [-0.39, 0.29) is 18.5 Å². The van der Waals surface area contributed by atoms with Gasteiger partial charge >= 0.3 is 0 Å². The monoisotopic (exact) mass is 326 g/mol. The molecular weight excluding hydrogens is 304 g/mol. The van der Waals surface area contributed by atoms with E-state index in [1.54, 1.807) is 18.2 Å². The molecule has 2 unspecified atom stereocenters. The third kappa shape index (κ3) is 3.58. The van der Waals surface area contributed by atoms with Crippen LogP contribution in [0.15, 0.2) is 48.5 Å². The van der Waals surface area contributed by atoms with Crippen molar-refractivity contribution in [3.8, 4) is 5.75 Å². The maximum Gasteiger partial charge on any atom is 0.255 e. The number of benzene rings is 2. The largest absolute Gasteiger partial charge is 0.496 e. The minimum Gasteiger partial charge on any atom is -0.496 e. The Morgan fingerprint density at radius 3 is 2.75 bits per heavy atom. The first-order chi connectivity index (χ1) is 11.7. The van der Waals surface area contributed by atoms with E-state index in [0.29, 0.717) is 11.3 Å². The molecular formula is C19H22N2O3. The van der Waals surface area contributed by atoms with Gasteiger partial charge in [-0.25, -0.2) is 0 Å². The second-order valence-electron chi connectivity index (χ2n) is 5.94. The molecule has 0 saturated heterocycles. The van der Waals surface area contributed by atoms with Crippen molar-refractivity contribution in [2.45, 2.75) is 25.1 Å². The van der Waals surface area contributed by atoms with Crippen molar-refractivity contribution in [1.82, 2.24) is 10.6 Å². The smallest absolute Gasteiger partial charge is 0.255 e. The Hall–Kier alpha value is -2.37. The number of amides is 1. The molecule has 3 rings (SSSR count). The van der Waals surface area contributed by atoms with Crippen LogP contribution in [0.2, 0.25) is 0 Å². The lowest BCUT2D eigenvalue weighted by Crippen LogP contribution is -2.49. The van der Waals surface area contributed by atoms with Gasteiger partial charge < -0.3 is 20.5 Å². The predicted molar refractivity (Wildman–Crippen MR) is 92.1 cm³/mol. The van der Waals surface area contributed by atoms with Crippen molar-refractivity contribution in [3.63, 3.8) is 0 Å². The van der Waals surface area contributed by atoms with Crippen LogP contribution in [0.4, 0.5) is 0 Å². The molecule has 1 aliphatic heterocycles. The number of carbonyl (C=O) groups excluding carboxylic acids is 1. The zero-order chi connectivity index (χ0) is 16.9. The lowest BCUT2D eigenvalue weighted by molar-refractivity contribution is 0.0867. The van der Waals surface area contributed by atoms with E-state index in [4.69, 9.17) is 4.74 Å². The SMILES string of the molecule is COc1ccccc1C(=O)NCC(O)C1Cc2ccccc2CN1. The van der Waals surface area contributed by atoms with Gasteiger partial charge in [0, 0.05) is 19.1 Å². The fourth-order valence-electron chi connectivity index (χ4n) is 3.02. The van der Waals surface area contributed by atoms with Crippen LogP contribution in [0.5, 0.6) is 5.75 Å². The van der Waals surface area contributed by atoms with E-state index in [9.17, 15) is 9.90 Å². The van der Waals surface area contributed by atoms with Gasteiger partial charge in [0.2, 0.25) is 0 Å². The van der Waals surface area contributed by atoms with E-state index in [1.807, 2.05) is 18.2 Å². The summed E-state index contributed by atoms with van der Waals surface area (Å²) in [6.45, 7) is 0.926. The highest BCUT2D eigenvalue weighted by atomic mass is 16.5. The van der Waals surface area contributed by atoms with Crippen molar-refractivity contribution in [2.75, 3.05) is 13.7 Å². The van der Waals surface area contributed by atoms with Crippen LogP contribution in [0.1, 0.15) is 21.5 Å². The first-order valence-corrected chi connectivity index (χ1v) is 8.08. The number of carbonyl (C=O) groups is 1. The van der Waals surface area contributed by atoms with E-state index in [0.717, 1.165) is 13.0 Å². The maximum atomic E-state index is 12.3. The molecule has 0 spiro atoms. The van der Waals surface area contributed by atoms with Gasteiger partial charge in [0.05, 0.1) is 18.8 Å². The molecule has 126 valence electrons. The van der Waals surface area contributed by atoms with Crippen molar-refractivity contribution in [2.24, 2.45) is 0 Å². The summed E-state index contributed by atoms with van der Waals surface area (Å²) in [7, 11) is 1.53. The van der Waals surface area contributed by atoms with Gasteiger partial charge in [-0.05, 0) is 29.7 Å². The van der Waals surface area contributed by atoms with Gasteiger partial charge in [0.15, 0.2) is 0 Å². The molecule has 1 aliphatic rings. The van der Waals surface area contributed by atoms with E-state index in [1.165, 1.54) is 18.2 Å². The zero-order valence-electron chi connectivity index (χ0n) is 13.7. The van der Waals surface area contributed by atoms with E-state index in [2.05, 4.69) is 22.8 Å². The number of aliphatic hydroxyl groups excluding tert-OH is 1. The Morgan fingerprint density at radius 2 is 1.96 bits per heavy atom. The van der Waals surface area contributed by atoms with E-state index < -0.39 is 6.10 Å². The molecule has 0 aliphatic carbocycles. The van der Waals surface area contributed by atoms with Gasteiger partial charge in [-0.2, -0.15) is 0 Å². The molecule has 2 atom stereocenters. The molecule has 2 aromatic rings. The van der Waals surface area contributed by atoms with Gasteiger partial charge in [0.25, 0.3) is 5.91 Å². The summed E-state index contributed by atoms with van der Waals surface area (Å²) in [5, 5.41) is 16.5.